The number of rotatable bonds is 5. The molecule has 4 rings (SSSR count). The first-order chi connectivity index (χ1) is 17.5. The summed E-state index contributed by atoms with van der Waals surface area (Å²) in [6.45, 7) is 4.46. The van der Waals surface area contributed by atoms with Gasteiger partial charge in [-0.25, -0.2) is 12.4 Å². The third kappa shape index (κ3) is 12.2. The smallest absolute Gasteiger partial charge is 0.269 e. The van der Waals surface area contributed by atoms with Crippen LogP contribution >= 0.6 is 15.9 Å². The molecule has 1 aliphatic heterocycles. The van der Waals surface area contributed by atoms with Gasteiger partial charge in [0.2, 0.25) is 0 Å². The highest BCUT2D eigenvalue weighted by Crippen LogP contribution is 2.32. The topological polar surface area (TPSA) is 235 Å². The predicted molar refractivity (Wildman–Crippen MR) is 156 cm³/mol. The van der Waals surface area contributed by atoms with Gasteiger partial charge in [-0.15, -0.1) is 0 Å². The van der Waals surface area contributed by atoms with E-state index < -0.39 is 30.3 Å². The molecule has 18 heteroatoms. The molecule has 14 nitrogen and oxygen atoms in total. The first kappa shape index (κ1) is 37.9. The summed E-state index contributed by atoms with van der Waals surface area (Å²) in [7, 11) is -9.45. The van der Waals surface area contributed by atoms with E-state index in [1.54, 1.807) is 43.6 Å². The third-order valence-electron chi connectivity index (χ3n) is 5.04. The summed E-state index contributed by atoms with van der Waals surface area (Å²) in [6, 6.07) is 12.4. The first-order valence-electron chi connectivity index (χ1n) is 11.0. The minimum atomic E-state index is -3.74. The molecule has 1 fully saturated rings. The average molecular weight is 693 g/mol. The van der Waals surface area contributed by atoms with E-state index in [4.69, 9.17) is 13.8 Å². The van der Waals surface area contributed by atoms with Gasteiger partial charge in [0, 0.05) is 48.8 Å². The van der Waals surface area contributed by atoms with Crippen molar-refractivity contribution in [3.05, 3.63) is 58.7 Å². The highest BCUT2D eigenvalue weighted by Gasteiger charge is 2.24. The fourth-order valence-electron chi connectivity index (χ4n) is 3.57. The number of nitrogens with zero attached hydrogens (tertiary/aromatic N) is 2. The second-order valence-corrected chi connectivity index (χ2v) is 13.8. The zero-order valence-corrected chi connectivity index (χ0v) is 25.9. The standard InChI is InChI=1S/C20H22BrN3O3S.2CH4O3S.2H2O/c1-27-16-6-7-19-17(12-16)15(13-23-10-8-22-9-11-23)14-24(19)28(25,26)20-5-3-2-4-18(20)21;2*1-5(2,3)4;;/h2-7,12,14,22H,8-11,13H2,1H3;2*1H3,(H,2,3,4);2*1H2. The van der Waals surface area contributed by atoms with Gasteiger partial charge in [-0.05, 0) is 51.8 Å². The summed E-state index contributed by atoms with van der Waals surface area (Å²) in [5, 5.41) is 4.24. The molecule has 0 unspecified atom stereocenters. The fourth-order valence-corrected chi connectivity index (χ4v) is 5.93. The molecule has 0 amide bonds. The SMILES string of the molecule is COc1ccc2c(c1)c(CN1CCNCC1)cn2S(=O)(=O)c1ccccc1Br.CS(=O)(=O)O.CS(=O)(=O)O.O.O. The van der Waals surface area contributed by atoms with Crippen LogP contribution in [0, 0.1) is 0 Å². The van der Waals surface area contributed by atoms with Gasteiger partial charge in [0.25, 0.3) is 30.3 Å². The van der Waals surface area contributed by atoms with E-state index in [9.17, 15) is 25.3 Å². The Morgan fingerprint density at radius 2 is 1.45 bits per heavy atom. The van der Waals surface area contributed by atoms with Crippen molar-refractivity contribution in [3.63, 3.8) is 0 Å². The molecule has 0 radical (unpaired) electrons. The van der Waals surface area contributed by atoms with Crippen LogP contribution in [0.2, 0.25) is 0 Å². The Morgan fingerprint density at radius 3 is 1.95 bits per heavy atom. The van der Waals surface area contributed by atoms with Crippen molar-refractivity contribution in [3.8, 4) is 5.75 Å². The Labute approximate surface area is 242 Å². The highest BCUT2D eigenvalue weighted by molar-refractivity contribution is 9.10. The van der Waals surface area contributed by atoms with Crippen LogP contribution in [-0.4, -0.2) is 100.0 Å². The van der Waals surface area contributed by atoms with Crippen LogP contribution < -0.4 is 10.1 Å². The molecule has 0 aliphatic carbocycles. The van der Waals surface area contributed by atoms with Crippen LogP contribution in [0.25, 0.3) is 10.9 Å². The first-order valence-corrected chi connectivity index (χ1v) is 16.9. The molecular weight excluding hydrogens is 658 g/mol. The van der Waals surface area contributed by atoms with E-state index in [1.165, 1.54) is 3.97 Å². The Balaban J connectivity index is 0.00000110. The van der Waals surface area contributed by atoms with Crippen LogP contribution in [0.4, 0.5) is 0 Å². The lowest BCUT2D eigenvalue weighted by molar-refractivity contribution is 0.234. The molecule has 0 bridgehead atoms. The van der Waals surface area contributed by atoms with E-state index in [0.29, 0.717) is 34.8 Å². The lowest BCUT2D eigenvalue weighted by Crippen LogP contribution is -2.42. The molecule has 3 aromatic rings. The Bertz CT molecular complexity index is 1520. The predicted octanol–water partition coefficient (Wildman–Crippen LogP) is 0.413. The molecule has 1 aromatic heterocycles. The van der Waals surface area contributed by atoms with Crippen LogP contribution in [0.5, 0.6) is 5.75 Å². The maximum absolute atomic E-state index is 13.4. The van der Waals surface area contributed by atoms with Gasteiger partial charge in [0.05, 0.1) is 25.1 Å². The maximum atomic E-state index is 13.4. The average Bonchev–Trinajstić information content (AvgIpc) is 3.16. The summed E-state index contributed by atoms with van der Waals surface area (Å²) in [5.74, 6) is 0.713. The molecule has 228 valence electrons. The number of ether oxygens (including phenoxy) is 1. The zero-order chi connectivity index (χ0) is 28.7. The van der Waals surface area contributed by atoms with Crippen molar-refractivity contribution in [2.24, 2.45) is 0 Å². The lowest BCUT2D eigenvalue weighted by atomic mass is 10.1. The quantitative estimate of drug-likeness (QED) is 0.310. The Hall–Kier alpha value is -2.13. The van der Waals surface area contributed by atoms with Gasteiger partial charge in [0.15, 0.2) is 0 Å². The van der Waals surface area contributed by atoms with Crippen LogP contribution in [0.15, 0.2) is 58.0 Å². The van der Waals surface area contributed by atoms with Gasteiger partial charge in [0.1, 0.15) is 10.6 Å². The second kappa shape index (κ2) is 15.8. The molecule has 1 saturated heterocycles. The molecule has 7 N–H and O–H groups in total. The summed E-state index contributed by atoms with van der Waals surface area (Å²) in [5.41, 5.74) is 1.63. The lowest BCUT2D eigenvalue weighted by Gasteiger charge is -2.26. The largest absolute Gasteiger partial charge is 0.497 e. The fraction of sp³-hybridized carbons (Fsp3) is 0.364. The molecule has 0 atom stereocenters. The number of methoxy groups -OCH3 is 1. The van der Waals surface area contributed by atoms with Crippen LogP contribution in [-0.2, 0) is 36.8 Å². The van der Waals surface area contributed by atoms with Crippen molar-refractivity contribution in [2.45, 2.75) is 11.4 Å². The van der Waals surface area contributed by atoms with E-state index >= 15 is 0 Å². The number of hydrogen-bond donors (Lipinski definition) is 3. The number of aromatic nitrogens is 1. The summed E-state index contributed by atoms with van der Waals surface area (Å²) in [6.07, 6.45) is 3.18. The Morgan fingerprint density at radius 1 is 0.925 bits per heavy atom. The van der Waals surface area contributed by atoms with Gasteiger partial charge in [-0.3, -0.25) is 14.0 Å². The maximum Gasteiger partial charge on any atom is 0.269 e. The van der Waals surface area contributed by atoms with Gasteiger partial charge < -0.3 is 21.0 Å². The number of halogens is 1. The molecule has 40 heavy (non-hydrogen) atoms. The van der Waals surface area contributed by atoms with Gasteiger partial charge in [-0.2, -0.15) is 16.8 Å². The minimum Gasteiger partial charge on any atom is -0.497 e. The normalized spacial score (nSPS) is 13.9. The highest BCUT2D eigenvalue weighted by atomic mass is 79.9. The Kier molecular flexibility index (Phi) is 14.9. The monoisotopic (exact) mass is 691 g/mol. The van der Waals surface area contributed by atoms with Gasteiger partial charge in [-0.1, -0.05) is 12.1 Å². The molecule has 0 spiro atoms. The van der Waals surface area contributed by atoms with E-state index in [-0.39, 0.29) is 15.8 Å². The van der Waals surface area contributed by atoms with E-state index in [0.717, 1.165) is 37.1 Å². The number of fused-ring (bicyclic) bond motifs is 1. The number of hydrogen-bond acceptors (Lipinski definition) is 9. The van der Waals surface area contributed by atoms with E-state index in [1.807, 2.05) is 12.1 Å². The molecule has 2 heterocycles. The van der Waals surface area contributed by atoms with Crippen molar-refractivity contribution in [2.75, 3.05) is 45.8 Å². The number of benzene rings is 2. The van der Waals surface area contributed by atoms with Crippen molar-refractivity contribution in [1.82, 2.24) is 14.2 Å². The molecule has 2 aromatic carbocycles. The second-order valence-electron chi connectivity index (χ2n) is 8.26. The summed E-state index contributed by atoms with van der Waals surface area (Å²) in [4.78, 5) is 2.58. The van der Waals surface area contributed by atoms with Crippen LogP contribution in [0.1, 0.15) is 5.56 Å². The van der Waals surface area contributed by atoms with E-state index in [2.05, 4.69) is 26.1 Å². The van der Waals surface area contributed by atoms with Crippen molar-refractivity contribution in [1.29, 1.82) is 0 Å². The van der Waals surface area contributed by atoms with Gasteiger partial charge >= 0.3 is 0 Å². The number of nitrogens with one attached hydrogen (secondary N) is 1. The molecule has 1 aliphatic rings. The summed E-state index contributed by atoms with van der Waals surface area (Å²) < 4.78 is 85.9. The van der Waals surface area contributed by atoms with Crippen molar-refractivity contribution >= 4 is 57.1 Å². The minimum absolute atomic E-state index is 0. The van der Waals surface area contributed by atoms with Crippen LogP contribution in [0.3, 0.4) is 0 Å². The zero-order valence-electron chi connectivity index (χ0n) is 21.9. The number of piperazine rings is 1. The molecule has 0 saturated carbocycles. The molecular formula is C22H34BrN3O11S3. The summed E-state index contributed by atoms with van der Waals surface area (Å²) >= 11 is 3.38. The van der Waals surface area contributed by atoms with Crippen molar-refractivity contribution < 1.29 is 50.0 Å². The third-order valence-corrected chi connectivity index (χ3v) is 7.72.